The molecule has 0 aliphatic carbocycles. The first kappa shape index (κ1) is 11.9. The highest BCUT2D eigenvalue weighted by Crippen LogP contribution is 2.34. The second-order valence-electron chi connectivity index (χ2n) is 3.94. The number of hydrogen-bond donors (Lipinski definition) is 0. The molecule has 0 fully saturated rings. The van der Waals surface area contributed by atoms with Crippen molar-refractivity contribution in [1.82, 2.24) is 4.98 Å². The molecule has 94 valence electrons. The van der Waals surface area contributed by atoms with Crippen LogP contribution in [0.1, 0.15) is 11.1 Å². The van der Waals surface area contributed by atoms with Crippen molar-refractivity contribution in [2.45, 2.75) is 10.8 Å². The SMILES string of the molecule is N#Cc1cccnc1SCc1ccc2c(c1)OCO2. The summed E-state index contributed by atoms with van der Waals surface area (Å²) < 4.78 is 10.6. The number of pyridine rings is 1. The minimum absolute atomic E-state index is 0.282. The number of thioether (sulfide) groups is 1. The van der Waals surface area contributed by atoms with E-state index in [1.54, 1.807) is 30.1 Å². The van der Waals surface area contributed by atoms with Gasteiger partial charge < -0.3 is 9.47 Å². The van der Waals surface area contributed by atoms with E-state index in [-0.39, 0.29) is 6.79 Å². The summed E-state index contributed by atoms with van der Waals surface area (Å²) >= 11 is 1.54. The van der Waals surface area contributed by atoms with E-state index in [0.717, 1.165) is 27.8 Å². The molecule has 2 aromatic rings. The molecule has 0 radical (unpaired) electrons. The summed E-state index contributed by atoms with van der Waals surface area (Å²) in [5, 5.41) is 9.76. The van der Waals surface area contributed by atoms with E-state index >= 15 is 0 Å². The molecule has 0 amide bonds. The van der Waals surface area contributed by atoms with Crippen LogP contribution in [0.5, 0.6) is 11.5 Å². The van der Waals surface area contributed by atoms with Gasteiger partial charge in [0.2, 0.25) is 6.79 Å². The second-order valence-corrected chi connectivity index (χ2v) is 4.91. The van der Waals surface area contributed by atoms with Crippen LogP contribution in [-0.4, -0.2) is 11.8 Å². The van der Waals surface area contributed by atoms with Crippen LogP contribution in [0.4, 0.5) is 0 Å². The fourth-order valence-electron chi connectivity index (χ4n) is 1.77. The zero-order valence-corrected chi connectivity index (χ0v) is 10.8. The molecule has 0 spiro atoms. The lowest BCUT2D eigenvalue weighted by atomic mass is 10.2. The van der Waals surface area contributed by atoms with Crippen molar-refractivity contribution in [1.29, 1.82) is 5.26 Å². The normalized spacial score (nSPS) is 12.2. The summed E-state index contributed by atoms with van der Waals surface area (Å²) in [6.07, 6.45) is 1.70. The maximum atomic E-state index is 9.00. The second kappa shape index (κ2) is 5.21. The average molecular weight is 270 g/mol. The van der Waals surface area contributed by atoms with Crippen LogP contribution in [-0.2, 0) is 5.75 Å². The highest BCUT2D eigenvalue weighted by molar-refractivity contribution is 7.98. The van der Waals surface area contributed by atoms with Crippen molar-refractivity contribution >= 4 is 11.8 Å². The van der Waals surface area contributed by atoms with Gasteiger partial charge in [-0.15, -0.1) is 11.8 Å². The lowest BCUT2D eigenvalue weighted by molar-refractivity contribution is 0.174. The van der Waals surface area contributed by atoms with Crippen molar-refractivity contribution in [2.24, 2.45) is 0 Å². The quantitative estimate of drug-likeness (QED) is 0.802. The first-order valence-electron chi connectivity index (χ1n) is 5.73. The lowest BCUT2D eigenvalue weighted by Gasteiger charge is -2.04. The molecule has 5 heteroatoms. The molecule has 19 heavy (non-hydrogen) atoms. The van der Waals surface area contributed by atoms with Gasteiger partial charge in [-0.2, -0.15) is 5.26 Å². The third-order valence-corrected chi connectivity index (χ3v) is 3.78. The third kappa shape index (κ3) is 2.49. The standard InChI is InChI=1S/C14H10N2O2S/c15-7-11-2-1-5-16-14(11)19-8-10-3-4-12-13(6-10)18-9-17-12/h1-6H,8-9H2. The Balaban J connectivity index is 1.74. The summed E-state index contributed by atoms with van der Waals surface area (Å²) in [5.74, 6) is 2.30. The monoisotopic (exact) mass is 270 g/mol. The first-order valence-corrected chi connectivity index (χ1v) is 6.72. The summed E-state index contributed by atoms with van der Waals surface area (Å²) in [6, 6.07) is 11.5. The van der Waals surface area contributed by atoms with Gasteiger partial charge >= 0.3 is 0 Å². The summed E-state index contributed by atoms with van der Waals surface area (Å²) in [6.45, 7) is 0.282. The number of fused-ring (bicyclic) bond motifs is 1. The van der Waals surface area contributed by atoms with Crippen LogP contribution in [0.15, 0.2) is 41.6 Å². The molecule has 1 aromatic carbocycles. The third-order valence-electron chi connectivity index (χ3n) is 2.70. The molecular weight excluding hydrogens is 260 g/mol. The fraction of sp³-hybridized carbons (Fsp3) is 0.143. The summed E-state index contributed by atoms with van der Waals surface area (Å²) in [4.78, 5) is 4.22. The van der Waals surface area contributed by atoms with Crippen molar-refractivity contribution < 1.29 is 9.47 Å². The Morgan fingerprint density at radius 1 is 1.26 bits per heavy atom. The van der Waals surface area contributed by atoms with Crippen LogP contribution in [0.25, 0.3) is 0 Å². The maximum Gasteiger partial charge on any atom is 0.231 e. The van der Waals surface area contributed by atoms with Gasteiger partial charge in [-0.1, -0.05) is 6.07 Å². The zero-order valence-electron chi connectivity index (χ0n) is 10.00. The van der Waals surface area contributed by atoms with Crippen LogP contribution in [0.3, 0.4) is 0 Å². The topological polar surface area (TPSA) is 55.1 Å². The minimum Gasteiger partial charge on any atom is -0.454 e. The molecule has 0 saturated carbocycles. The number of nitrogens with zero attached hydrogens (tertiary/aromatic N) is 2. The number of nitriles is 1. The summed E-state index contributed by atoms with van der Waals surface area (Å²) in [5.41, 5.74) is 1.72. The van der Waals surface area contributed by atoms with Gasteiger partial charge in [0.25, 0.3) is 0 Å². The predicted molar refractivity (Wildman–Crippen MR) is 71.1 cm³/mol. The Morgan fingerprint density at radius 2 is 2.16 bits per heavy atom. The van der Waals surface area contributed by atoms with Crippen molar-refractivity contribution in [3.63, 3.8) is 0 Å². The van der Waals surface area contributed by atoms with Gasteiger partial charge in [-0.25, -0.2) is 4.98 Å². The van der Waals surface area contributed by atoms with Crippen LogP contribution in [0, 0.1) is 11.3 Å². The molecular formula is C14H10N2O2S. The van der Waals surface area contributed by atoms with E-state index < -0.39 is 0 Å². The molecule has 0 saturated heterocycles. The molecule has 0 bridgehead atoms. The highest BCUT2D eigenvalue weighted by Gasteiger charge is 2.13. The Bertz CT molecular complexity index is 652. The molecule has 0 unspecified atom stereocenters. The molecule has 1 aliphatic rings. The lowest BCUT2D eigenvalue weighted by Crippen LogP contribution is -1.92. The highest BCUT2D eigenvalue weighted by atomic mass is 32.2. The molecule has 3 rings (SSSR count). The Labute approximate surface area is 115 Å². The van der Waals surface area contributed by atoms with E-state index in [1.807, 2.05) is 18.2 Å². The number of rotatable bonds is 3. The largest absolute Gasteiger partial charge is 0.454 e. The molecule has 0 N–H and O–H groups in total. The Morgan fingerprint density at radius 3 is 3.05 bits per heavy atom. The van der Waals surface area contributed by atoms with Crippen LogP contribution in [0.2, 0.25) is 0 Å². The molecule has 2 heterocycles. The van der Waals surface area contributed by atoms with Gasteiger partial charge in [0, 0.05) is 11.9 Å². The summed E-state index contributed by atoms with van der Waals surface area (Å²) in [7, 11) is 0. The molecule has 1 aromatic heterocycles. The molecule has 4 nitrogen and oxygen atoms in total. The van der Waals surface area contributed by atoms with Crippen LogP contribution >= 0.6 is 11.8 Å². The van der Waals surface area contributed by atoms with Gasteiger partial charge in [-0.3, -0.25) is 0 Å². The minimum atomic E-state index is 0.282. The number of hydrogen-bond acceptors (Lipinski definition) is 5. The van der Waals surface area contributed by atoms with Gasteiger partial charge in [0.1, 0.15) is 11.1 Å². The number of benzene rings is 1. The Kier molecular flexibility index (Phi) is 3.25. The molecule has 0 atom stereocenters. The van der Waals surface area contributed by atoms with Gasteiger partial charge in [0.15, 0.2) is 11.5 Å². The van der Waals surface area contributed by atoms with E-state index in [9.17, 15) is 0 Å². The van der Waals surface area contributed by atoms with E-state index in [2.05, 4.69) is 11.1 Å². The fourth-order valence-corrected chi connectivity index (χ4v) is 2.66. The van der Waals surface area contributed by atoms with Crippen LogP contribution < -0.4 is 9.47 Å². The molecule has 1 aliphatic heterocycles. The maximum absolute atomic E-state index is 9.00. The van der Waals surface area contributed by atoms with E-state index in [1.165, 1.54) is 0 Å². The van der Waals surface area contributed by atoms with Gasteiger partial charge in [-0.05, 0) is 29.8 Å². The number of ether oxygens (including phenoxy) is 2. The zero-order chi connectivity index (χ0) is 13.1. The van der Waals surface area contributed by atoms with Crippen molar-refractivity contribution in [3.05, 3.63) is 47.7 Å². The van der Waals surface area contributed by atoms with Crippen molar-refractivity contribution in [2.75, 3.05) is 6.79 Å². The van der Waals surface area contributed by atoms with Crippen molar-refractivity contribution in [3.8, 4) is 17.6 Å². The Hall–Kier alpha value is -2.19. The van der Waals surface area contributed by atoms with Gasteiger partial charge in [0.05, 0.1) is 5.56 Å². The first-order chi connectivity index (χ1) is 9.36. The van der Waals surface area contributed by atoms with E-state index in [4.69, 9.17) is 14.7 Å². The smallest absolute Gasteiger partial charge is 0.231 e. The number of aromatic nitrogens is 1. The van der Waals surface area contributed by atoms with E-state index in [0.29, 0.717) is 5.56 Å². The predicted octanol–water partition coefficient (Wildman–Crippen LogP) is 2.97. The average Bonchev–Trinajstić information content (AvgIpc) is 2.93.